The Bertz CT molecular complexity index is 326. The van der Waals surface area contributed by atoms with E-state index >= 15 is 0 Å². The standard InChI is InChI=1S/C10H14BrN3S/c1-14(5-4-10(12)15)7-9-3-2-8(11)6-13-9/h2-3,6H,4-5,7H2,1H3,(H2,12,15). The maximum absolute atomic E-state index is 5.44. The van der Waals surface area contributed by atoms with Crippen LogP contribution in [0.1, 0.15) is 12.1 Å². The molecule has 5 heteroatoms. The second-order valence-electron chi connectivity index (χ2n) is 3.42. The fourth-order valence-corrected chi connectivity index (χ4v) is 1.48. The first-order valence-corrected chi connectivity index (χ1v) is 5.85. The van der Waals surface area contributed by atoms with E-state index in [0.717, 1.165) is 29.7 Å². The van der Waals surface area contributed by atoms with E-state index in [1.165, 1.54) is 0 Å². The Morgan fingerprint density at radius 1 is 1.60 bits per heavy atom. The van der Waals surface area contributed by atoms with Crippen molar-refractivity contribution in [2.45, 2.75) is 13.0 Å². The number of halogens is 1. The summed E-state index contributed by atoms with van der Waals surface area (Å²) in [7, 11) is 2.03. The van der Waals surface area contributed by atoms with Crippen LogP contribution in [-0.4, -0.2) is 28.5 Å². The molecule has 0 fully saturated rings. The van der Waals surface area contributed by atoms with E-state index in [0.29, 0.717) is 4.99 Å². The van der Waals surface area contributed by atoms with Gasteiger partial charge in [-0.2, -0.15) is 0 Å². The Labute approximate surface area is 104 Å². The van der Waals surface area contributed by atoms with Crippen molar-refractivity contribution in [1.82, 2.24) is 9.88 Å². The monoisotopic (exact) mass is 287 g/mol. The van der Waals surface area contributed by atoms with E-state index in [1.54, 1.807) is 6.20 Å². The van der Waals surface area contributed by atoms with Crippen molar-refractivity contribution in [3.63, 3.8) is 0 Å². The molecule has 0 atom stereocenters. The molecule has 0 amide bonds. The summed E-state index contributed by atoms with van der Waals surface area (Å²) >= 11 is 8.18. The molecule has 2 N–H and O–H groups in total. The van der Waals surface area contributed by atoms with Crippen molar-refractivity contribution in [2.24, 2.45) is 5.73 Å². The van der Waals surface area contributed by atoms with Crippen molar-refractivity contribution in [2.75, 3.05) is 13.6 Å². The zero-order chi connectivity index (χ0) is 11.3. The van der Waals surface area contributed by atoms with Crippen molar-refractivity contribution >= 4 is 33.1 Å². The quantitative estimate of drug-likeness (QED) is 0.841. The maximum Gasteiger partial charge on any atom is 0.0740 e. The molecule has 1 rings (SSSR count). The molecule has 1 heterocycles. The minimum atomic E-state index is 0.561. The van der Waals surface area contributed by atoms with E-state index in [4.69, 9.17) is 18.0 Å². The highest BCUT2D eigenvalue weighted by atomic mass is 79.9. The predicted molar refractivity (Wildman–Crippen MR) is 69.7 cm³/mol. The second-order valence-corrected chi connectivity index (χ2v) is 4.86. The first kappa shape index (κ1) is 12.5. The van der Waals surface area contributed by atoms with Crippen molar-refractivity contribution < 1.29 is 0 Å². The highest BCUT2D eigenvalue weighted by molar-refractivity contribution is 9.10. The van der Waals surface area contributed by atoms with E-state index < -0.39 is 0 Å². The summed E-state index contributed by atoms with van der Waals surface area (Å²) in [6.07, 6.45) is 2.55. The molecule has 0 radical (unpaired) electrons. The molecule has 0 saturated carbocycles. The highest BCUT2D eigenvalue weighted by Gasteiger charge is 2.01. The number of hydrogen-bond donors (Lipinski definition) is 1. The fraction of sp³-hybridized carbons (Fsp3) is 0.400. The molecule has 15 heavy (non-hydrogen) atoms. The smallest absolute Gasteiger partial charge is 0.0740 e. The van der Waals surface area contributed by atoms with Crippen LogP contribution in [0.15, 0.2) is 22.8 Å². The van der Waals surface area contributed by atoms with E-state index in [2.05, 4.69) is 25.8 Å². The van der Waals surface area contributed by atoms with Gasteiger partial charge in [0.2, 0.25) is 0 Å². The molecule has 82 valence electrons. The van der Waals surface area contributed by atoms with Crippen molar-refractivity contribution in [3.05, 3.63) is 28.5 Å². The summed E-state index contributed by atoms with van der Waals surface area (Å²) in [6.45, 7) is 1.68. The van der Waals surface area contributed by atoms with Gasteiger partial charge in [-0.15, -0.1) is 0 Å². The summed E-state index contributed by atoms with van der Waals surface area (Å²) in [4.78, 5) is 7.00. The molecule has 1 aromatic rings. The number of aromatic nitrogens is 1. The zero-order valence-corrected chi connectivity index (χ0v) is 11.0. The topological polar surface area (TPSA) is 42.1 Å². The largest absolute Gasteiger partial charge is 0.393 e. The number of nitrogens with zero attached hydrogens (tertiary/aromatic N) is 2. The van der Waals surface area contributed by atoms with Gasteiger partial charge < -0.3 is 10.6 Å². The van der Waals surface area contributed by atoms with Gasteiger partial charge >= 0.3 is 0 Å². The van der Waals surface area contributed by atoms with Gasteiger partial charge in [0.25, 0.3) is 0 Å². The van der Waals surface area contributed by atoms with Gasteiger partial charge in [-0.3, -0.25) is 4.98 Å². The van der Waals surface area contributed by atoms with Crippen LogP contribution < -0.4 is 5.73 Å². The molecule has 0 saturated heterocycles. The normalized spacial score (nSPS) is 10.6. The van der Waals surface area contributed by atoms with Crippen LogP contribution >= 0.6 is 28.1 Å². The molecule has 3 nitrogen and oxygen atoms in total. The van der Waals surface area contributed by atoms with E-state index in [9.17, 15) is 0 Å². The Morgan fingerprint density at radius 2 is 2.33 bits per heavy atom. The number of nitrogens with two attached hydrogens (primary N) is 1. The molecule has 0 aliphatic heterocycles. The molecule has 0 bridgehead atoms. The Balaban J connectivity index is 2.40. The lowest BCUT2D eigenvalue weighted by molar-refractivity contribution is 0.333. The minimum Gasteiger partial charge on any atom is -0.393 e. The summed E-state index contributed by atoms with van der Waals surface area (Å²) in [6, 6.07) is 3.99. The Kier molecular flexibility index (Phi) is 5.14. The van der Waals surface area contributed by atoms with Crippen LogP contribution in [0, 0.1) is 0 Å². The van der Waals surface area contributed by atoms with Crippen molar-refractivity contribution in [1.29, 1.82) is 0 Å². The first-order chi connectivity index (χ1) is 7.08. The van der Waals surface area contributed by atoms with Gasteiger partial charge in [-0.1, -0.05) is 12.2 Å². The molecular formula is C10H14BrN3S. The predicted octanol–water partition coefficient (Wildman–Crippen LogP) is 1.95. The van der Waals surface area contributed by atoms with Gasteiger partial charge in [0.05, 0.1) is 10.7 Å². The van der Waals surface area contributed by atoms with Gasteiger partial charge in [-0.05, 0) is 35.1 Å². The lowest BCUT2D eigenvalue weighted by atomic mass is 10.3. The average molecular weight is 288 g/mol. The van der Waals surface area contributed by atoms with Gasteiger partial charge in [0.15, 0.2) is 0 Å². The fourth-order valence-electron chi connectivity index (χ4n) is 1.16. The maximum atomic E-state index is 5.44. The first-order valence-electron chi connectivity index (χ1n) is 4.65. The van der Waals surface area contributed by atoms with Gasteiger partial charge in [-0.25, -0.2) is 0 Å². The van der Waals surface area contributed by atoms with Crippen LogP contribution in [0.25, 0.3) is 0 Å². The van der Waals surface area contributed by atoms with E-state index in [-0.39, 0.29) is 0 Å². The number of thiocarbonyl (C=S) groups is 1. The number of pyridine rings is 1. The number of rotatable bonds is 5. The van der Waals surface area contributed by atoms with E-state index in [1.807, 2.05) is 19.2 Å². The van der Waals surface area contributed by atoms with Crippen LogP contribution in [0.4, 0.5) is 0 Å². The zero-order valence-electron chi connectivity index (χ0n) is 8.61. The van der Waals surface area contributed by atoms with Gasteiger partial charge in [0, 0.05) is 30.2 Å². The number of hydrogen-bond acceptors (Lipinski definition) is 3. The van der Waals surface area contributed by atoms with Crippen LogP contribution in [0.2, 0.25) is 0 Å². The van der Waals surface area contributed by atoms with Crippen molar-refractivity contribution in [3.8, 4) is 0 Å². The highest BCUT2D eigenvalue weighted by Crippen LogP contribution is 2.08. The molecule has 0 spiro atoms. The molecule has 0 unspecified atom stereocenters. The SMILES string of the molecule is CN(CCC(N)=S)Cc1ccc(Br)cn1. The van der Waals surface area contributed by atoms with Gasteiger partial charge in [0.1, 0.15) is 0 Å². The van der Waals surface area contributed by atoms with Crippen LogP contribution in [0.5, 0.6) is 0 Å². The molecule has 0 aliphatic carbocycles. The Hall–Kier alpha value is -0.520. The third kappa shape index (κ3) is 5.20. The summed E-state index contributed by atoms with van der Waals surface area (Å²) in [5, 5.41) is 0. The molecule has 0 aliphatic rings. The summed E-state index contributed by atoms with van der Waals surface area (Å²) < 4.78 is 0.997. The molecule has 0 aromatic carbocycles. The third-order valence-electron chi connectivity index (χ3n) is 1.96. The molecule has 1 aromatic heterocycles. The van der Waals surface area contributed by atoms with Crippen LogP contribution in [-0.2, 0) is 6.54 Å². The summed E-state index contributed by atoms with van der Waals surface area (Å²) in [5.74, 6) is 0. The second kappa shape index (κ2) is 6.15. The Morgan fingerprint density at radius 3 is 2.87 bits per heavy atom. The lowest BCUT2D eigenvalue weighted by Gasteiger charge is -2.15. The lowest BCUT2D eigenvalue weighted by Crippen LogP contribution is -2.23. The summed E-state index contributed by atoms with van der Waals surface area (Å²) in [5.41, 5.74) is 6.48. The van der Waals surface area contributed by atoms with Crippen LogP contribution in [0.3, 0.4) is 0 Å². The average Bonchev–Trinajstić information content (AvgIpc) is 2.19. The molecular weight excluding hydrogens is 274 g/mol. The third-order valence-corrected chi connectivity index (χ3v) is 2.63. The minimum absolute atomic E-state index is 0.561.